The van der Waals surface area contributed by atoms with Crippen molar-refractivity contribution in [2.24, 2.45) is 0 Å². The van der Waals surface area contributed by atoms with Gasteiger partial charge in [-0.15, -0.1) is 0 Å². The second kappa shape index (κ2) is 8.19. The fourth-order valence-corrected chi connectivity index (χ4v) is 5.33. The predicted octanol–water partition coefficient (Wildman–Crippen LogP) is 4.79. The fraction of sp³-hybridized carbons (Fsp3) is 0.280. The van der Waals surface area contributed by atoms with Crippen LogP contribution in [0.4, 0.5) is 5.13 Å². The number of ether oxygens (including phenoxy) is 1. The Morgan fingerprint density at radius 1 is 1.00 bits per heavy atom. The van der Waals surface area contributed by atoms with Crippen molar-refractivity contribution in [1.29, 1.82) is 0 Å². The van der Waals surface area contributed by atoms with Crippen LogP contribution in [0.2, 0.25) is 0 Å². The Hall–Kier alpha value is -3.12. The second-order valence-corrected chi connectivity index (χ2v) is 9.10. The predicted molar refractivity (Wildman–Crippen MR) is 127 cm³/mol. The zero-order valence-corrected chi connectivity index (χ0v) is 18.6. The first-order chi connectivity index (χ1) is 15.1. The Morgan fingerprint density at radius 2 is 1.77 bits per heavy atom. The van der Waals surface area contributed by atoms with Gasteiger partial charge in [-0.3, -0.25) is 4.79 Å². The van der Waals surface area contributed by atoms with Gasteiger partial charge >= 0.3 is 0 Å². The van der Waals surface area contributed by atoms with E-state index in [2.05, 4.69) is 36.9 Å². The molecule has 3 aromatic carbocycles. The Balaban J connectivity index is 1.19. The summed E-state index contributed by atoms with van der Waals surface area (Å²) in [6.45, 7) is 7.26. The number of hydrogen-bond donors (Lipinski definition) is 0. The number of piperazine rings is 1. The summed E-state index contributed by atoms with van der Waals surface area (Å²) in [4.78, 5) is 21.7. The molecule has 4 aromatic rings. The third-order valence-electron chi connectivity index (χ3n) is 5.80. The van der Waals surface area contributed by atoms with Crippen LogP contribution in [-0.4, -0.2) is 48.6 Å². The van der Waals surface area contributed by atoms with Crippen LogP contribution < -0.4 is 9.64 Å². The maximum atomic E-state index is 12.7. The van der Waals surface area contributed by atoms with Gasteiger partial charge in [-0.1, -0.05) is 47.7 Å². The topological polar surface area (TPSA) is 45.7 Å². The third kappa shape index (κ3) is 4.08. The van der Waals surface area contributed by atoms with Crippen molar-refractivity contribution in [2.45, 2.75) is 13.8 Å². The first-order valence-corrected chi connectivity index (χ1v) is 11.4. The van der Waals surface area contributed by atoms with E-state index in [4.69, 9.17) is 9.72 Å². The number of fused-ring (bicyclic) bond motifs is 2. The highest BCUT2D eigenvalue weighted by molar-refractivity contribution is 7.22. The molecule has 1 amide bonds. The van der Waals surface area contributed by atoms with Crippen molar-refractivity contribution in [2.75, 3.05) is 37.7 Å². The monoisotopic (exact) mass is 431 g/mol. The van der Waals surface area contributed by atoms with E-state index in [1.807, 2.05) is 41.3 Å². The lowest BCUT2D eigenvalue weighted by Crippen LogP contribution is -2.50. The summed E-state index contributed by atoms with van der Waals surface area (Å²) >= 11 is 1.74. The average Bonchev–Trinajstić information content (AvgIpc) is 3.22. The fourth-order valence-electron chi connectivity index (χ4n) is 4.13. The van der Waals surface area contributed by atoms with Crippen LogP contribution in [-0.2, 0) is 4.79 Å². The molecule has 0 unspecified atom stereocenters. The van der Waals surface area contributed by atoms with Crippen molar-refractivity contribution in [1.82, 2.24) is 9.88 Å². The SMILES string of the molecule is Cc1cc(C)c2nc(N3CCN(C(=O)COc4ccc5ccccc5c4)CC3)sc2c1. The van der Waals surface area contributed by atoms with Gasteiger partial charge in [0.25, 0.3) is 5.91 Å². The van der Waals surface area contributed by atoms with Crippen molar-refractivity contribution in [3.63, 3.8) is 0 Å². The van der Waals surface area contributed by atoms with Gasteiger partial charge in [0.15, 0.2) is 11.7 Å². The van der Waals surface area contributed by atoms with Gasteiger partial charge in [0, 0.05) is 26.2 Å². The molecule has 0 N–H and O–H groups in total. The number of aromatic nitrogens is 1. The summed E-state index contributed by atoms with van der Waals surface area (Å²) in [5.41, 5.74) is 3.58. The number of aryl methyl sites for hydroxylation is 2. The molecule has 6 heteroatoms. The summed E-state index contributed by atoms with van der Waals surface area (Å²) in [5.74, 6) is 0.759. The lowest BCUT2D eigenvalue weighted by atomic mass is 10.1. The molecule has 158 valence electrons. The molecule has 5 rings (SSSR count). The molecule has 0 saturated carbocycles. The van der Waals surface area contributed by atoms with Gasteiger partial charge in [0.1, 0.15) is 5.75 Å². The van der Waals surface area contributed by atoms with E-state index in [1.54, 1.807) is 11.3 Å². The number of anilines is 1. The molecule has 1 aliphatic heterocycles. The normalized spacial score (nSPS) is 14.4. The van der Waals surface area contributed by atoms with Crippen LogP contribution in [0, 0.1) is 13.8 Å². The van der Waals surface area contributed by atoms with Crippen molar-refractivity contribution in [3.05, 3.63) is 65.7 Å². The van der Waals surface area contributed by atoms with E-state index in [0.29, 0.717) is 13.1 Å². The molecule has 0 radical (unpaired) electrons. The van der Waals surface area contributed by atoms with Crippen molar-refractivity contribution < 1.29 is 9.53 Å². The van der Waals surface area contributed by atoms with E-state index in [0.717, 1.165) is 40.3 Å². The van der Waals surface area contributed by atoms with Crippen LogP contribution in [0.25, 0.3) is 21.0 Å². The van der Waals surface area contributed by atoms with Gasteiger partial charge in [-0.2, -0.15) is 0 Å². The summed E-state index contributed by atoms with van der Waals surface area (Å²) in [6.07, 6.45) is 0. The van der Waals surface area contributed by atoms with Crippen LogP contribution in [0.5, 0.6) is 5.75 Å². The lowest BCUT2D eigenvalue weighted by Gasteiger charge is -2.34. The molecule has 5 nitrogen and oxygen atoms in total. The number of amides is 1. The van der Waals surface area contributed by atoms with Gasteiger partial charge in [-0.25, -0.2) is 4.98 Å². The van der Waals surface area contributed by atoms with Crippen LogP contribution in [0.3, 0.4) is 0 Å². The minimum Gasteiger partial charge on any atom is -0.484 e. The lowest BCUT2D eigenvalue weighted by molar-refractivity contribution is -0.133. The molecule has 0 aliphatic carbocycles. The Labute approximate surface area is 185 Å². The number of benzene rings is 3. The summed E-state index contributed by atoms with van der Waals surface area (Å²) in [5, 5.41) is 3.32. The molecule has 0 bridgehead atoms. The molecule has 0 spiro atoms. The number of carbonyl (C=O) groups excluding carboxylic acids is 1. The first-order valence-electron chi connectivity index (χ1n) is 10.6. The number of thiazole rings is 1. The highest BCUT2D eigenvalue weighted by Gasteiger charge is 2.23. The van der Waals surface area contributed by atoms with Crippen LogP contribution >= 0.6 is 11.3 Å². The van der Waals surface area contributed by atoms with Gasteiger partial charge in [0.2, 0.25) is 0 Å². The molecule has 1 saturated heterocycles. The first kappa shape index (κ1) is 19.8. The smallest absolute Gasteiger partial charge is 0.260 e. The van der Waals surface area contributed by atoms with Gasteiger partial charge in [-0.05, 0) is 53.9 Å². The standard InChI is InChI=1S/C25H25N3O2S/c1-17-13-18(2)24-22(14-17)31-25(26-24)28-11-9-27(10-12-28)23(29)16-30-21-8-7-19-5-3-4-6-20(19)15-21/h3-8,13-15H,9-12,16H2,1-2H3. The average molecular weight is 432 g/mol. The minimum absolute atomic E-state index is 0.0311. The van der Waals surface area contributed by atoms with Crippen LogP contribution in [0.1, 0.15) is 11.1 Å². The van der Waals surface area contributed by atoms with E-state index in [1.165, 1.54) is 15.8 Å². The molecular formula is C25H25N3O2S. The highest BCUT2D eigenvalue weighted by atomic mass is 32.1. The van der Waals surface area contributed by atoms with Gasteiger partial charge < -0.3 is 14.5 Å². The largest absolute Gasteiger partial charge is 0.484 e. The van der Waals surface area contributed by atoms with Gasteiger partial charge in [0.05, 0.1) is 10.2 Å². The summed E-state index contributed by atoms with van der Waals surface area (Å²) in [7, 11) is 0. The third-order valence-corrected chi connectivity index (χ3v) is 6.87. The number of hydrogen-bond acceptors (Lipinski definition) is 5. The zero-order valence-electron chi connectivity index (χ0n) is 17.8. The molecule has 31 heavy (non-hydrogen) atoms. The van der Waals surface area contributed by atoms with E-state index in [9.17, 15) is 4.79 Å². The quantitative estimate of drug-likeness (QED) is 0.466. The maximum absolute atomic E-state index is 12.7. The second-order valence-electron chi connectivity index (χ2n) is 8.09. The van der Waals surface area contributed by atoms with Crippen molar-refractivity contribution >= 4 is 43.4 Å². The van der Waals surface area contributed by atoms with Crippen LogP contribution in [0.15, 0.2) is 54.6 Å². The maximum Gasteiger partial charge on any atom is 0.260 e. The van der Waals surface area contributed by atoms with Crippen molar-refractivity contribution in [3.8, 4) is 5.75 Å². The number of nitrogens with zero attached hydrogens (tertiary/aromatic N) is 3. The Morgan fingerprint density at radius 3 is 2.58 bits per heavy atom. The summed E-state index contributed by atoms with van der Waals surface area (Å²) < 4.78 is 7.02. The Bertz CT molecular complexity index is 1260. The molecule has 1 fully saturated rings. The van der Waals surface area contributed by atoms with E-state index in [-0.39, 0.29) is 12.5 Å². The molecular weight excluding hydrogens is 406 g/mol. The van der Waals surface area contributed by atoms with E-state index < -0.39 is 0 Å². The van der Waals surface area contributed by atoms with E-state index >= 15 is 0 Å². The summed E-state index contributed by atoms with van der Waals surface area (Å²) in [6, 6.07) is 18.4. The molecule has 1 aromatic heterocycles. The highest BCUT2D eigenvalue weighted by Crippen LogP contribution is 2.32. The molecule has 1 aliphatic rings. The number of rotatable bonds is 4. The molecule has 2 heterocycles. The minimum atomic E-state index is 0.0311. The number of carbonyl (C=O) groups is 1. The zero-order chi connectivity index (χ0) is 21.4. The molecule has 0 atom stereocenters. The Kier molecular flexibility index (Phi) is 5.24.